The number of amides is 1. The van der Waals surface area contributed by atoms with Crippen LogP contribution in [0.4, 0.5) is 5.69 Å². The molecular weight excluding hydrogens is 346 g/mol. The van der Waals surface area contributed by atoms with E-state index in [0.29, 0.717) is 17.9 Å². The van der Waals surface area contributed by atoms with Gasteiger partial charge in [0, 0.05) is 16.6 Å². The van der Waals surface area contributed by atoms with E-state index in [1.165, 1.54) is 0 Å². The van der Waals surface area contributed by atoms with Crippen LogP contribution < -0.4 is 10.1 Å². The van der Waals surface area contributed by atoms with Crippen molar-refractivity contribution in [1.82, 2.24) is 9.97 Å². The molecule has 3 rings (SSSR count). The predicted molar refractivity (Wildman–Crippen MR) is 104 cm³/mol. The summed E-state index contributed by atoms with van der Waals surface area (Å²) in [5.74, 6) is 0.454. The maximum Gasteiger partial charge on any atom is 0.255 e. The van der Waals surface area contributed by atoms with Crippen molar-refractivity contribution in [3.63, 3.8) is 0 Å². The van der Waals surface area contributed by atoms with Crippen LogP contribution in [-0.4, -0.2) is 15.9 Å². The SMILES string of the molecule is Cc1cc(C)c(NC(=O)c2cccc(OCc3csc(C)n3)c2)c(C)n1. The Bertz CT molecular complexity index is 927. The van der Waals surface area contributed by atoms with E-state index in [1.807, 2.05) is 51.3 Å². The molecule has 0 fully saturated rings. The number of hydrogen-bond acceptors (Lipinski definition) is 5. The lowest BCUT2D eigenvalue weighted by Crippen LogP contribution is -2.14. The Labute approximate surface area is 157 Å². The van der Waals surface area contributed by atoms with Crippen molar-refractivity contribution in [2.45, 2.75) is 34.3 Å². The van der Waals surface area contributed by atoms with Gasteiger partial charge in [0.25, 0.3) is 5.91 Å². The van der Waals surface area contributed by atoms with E-state index >= 15 is 0 Å². The first kappa shape index (κ1) is 18.1. The average molecular weight is 367 g/mol. The molecule has 0 radical (unpaired) electrons. The van der Waals surface area contributed by atoms with E-state index in [9.17, 15) is 4.79 Å². The highest BCUT2D eigenvalue weighted by Crippen LogP contribution is 2.21. The maximum atomic E-state index is 12.6. The van der Waals surface area contributed by atoms with Gasteiger partial charge in [-0.3, -0.25) is 9.78 Å². The molecule has 0 spiro atoms. The Morgan fingerprint density at radius 1 is 1.15 bits per heavy atom. The summed E-state index contributed by atoms with van der Waals surface area (Å²) < 4.78 is 5.76. The molecule has 134 valence electrons. The van der Waals surface area contributed by atoms with Gasteiger partial charge in [0.2, 0.25) is 0 Å². The van der Waals surface area contributed by atoms with Gasteiger partial charge in [-0.15, -0.1) is 11.3 Å². The van der Waals surface area contributed by atoms with E-state index in [2.05, 4.69) is 15.3 Å². The van der Waals surface area contributed by atoms with Crippen LogP contribution in [-0.2, 0) is 6.61 Å². The van der Waals surface area contributed by atoms with Crippen molar-refractivity contribution in [2.24, 2.45) is 0 Å². The van der Waals surface area contributed by atoms with Gasteiger partial charge in [0.1, 0.15) is 12.4 Å². The number of nitrogens with one attached hydrogen (secondary N) is 1. The number of anilines is 1. The molecule has 2 heterocycles. The summed E-state index contributed by atoms with van der Waals surface area (Å²) in [5.41, 5.74) is 4.92. The summed E-state index contributed by atoms with van der Waals surface area (Å²) in [4.78, 5) is 21.4. The summed E-state index contributed by atoms with van der Waals surface area (Å²) in [6.45, 7) is 8.15. The summed E-state index contributed by atoms with van der Waals surface area (Å²) in [7, 11) is 0. The van der Waals surface area contributed by atoms with Crippen LogP contribution in [0.3, 0.4) is 0 Å². The van der Waals surface area contributed by atoms with Gasteiger partial charge >= 0.3 is 0 Å². The van der Waals surface area contributed by atoms with Crippen LogP contribution >= 0.6 is 11.3 Å². The Kier molecular flexibility index (Phi) is 5.32. The summed E-state index contributed by atoms with van der Waals surface area (Å²) in [5, 5.41) is 5.94. The first-order valence-electron chi connectivity index (χ1n) is 8.32. The van der Waals surface area contributed by atoms with Gasteiger partial charge in [-0.1, -0.05) is 6.07 Å². The number of benzene rings is 1. The van der Waals surface area contributed by atoms with Crippen molar-refractivity contribution < 1.29 is 9.53 Å². The lowest BCUT2D eigenvalue weighted by atomic mass is 10.1. The van der Waals surface area contributed by atoms with Crippen molar-refractivity contribution in [3.8, 4) is 5.75 Å². The zero-order valence-electron chi connectivity index (χ0n) is 15.3. The standard InChI is InChI=1S/C20H21N3O2S/c1-12-8-13(2)21-14(3)19(12)23-20(24)16-6-5-7-18(9-16)25-10-17-11-26-15(4)22-17/h5-9,11H,10H2,1-4H3,(H,23,24). The Hall–Kier alpha value is -2.73. The fourth-order valence-corrected chi connectivity index (χ4v) is 3.35. The molecule has 0 bridgehead atoms. The first-order chi connectivity index (χ1) is 12.4. The van der Waals surface area contributed by atoms with Crippen LogP contribution in [0, 0.1) is 27.7 Å². The van der Waals surface area contributed by atoms with E-state index in [-0.39, 0.29) is 5.91 Å². The number of thiazole rings is 1. The van der Waals surface area contributed by atoms with Gasteiger partial charge in [0.05, 0.1) is 22.1 Å². The smallest absolute Gasteiger partial charge is 0.255 e. The van der Waals surface area contributed by atoms with Crippen LogP contribution in [0.5, 0.6) is 5.75 Å². The molecule has 0 saturated heterocycles. The number of aryl methyl sites for hydroxylation is 4. The predicted octanol–water partition coefficient (Wildman–Crippen LogP) is 4.60. The zero-order valence-corrected chi connectivity index (χ0v) is 16.1. The number of pyridine rings is 1. The molecule has 5 nitrogen and oxygen atoms in total. The van der Waals surface area contributed by atoms with Crippen molar-refractivity contribution in [2.75, 3.05) is 5.32 Å². The normalized spacial score (nSPS) is 10.6. The minimum atomic E-state index is -0.184. The molecule has 1 N–H and O–H groups in total. The third-order valence-electron chi connectivity index (χ3n) is 3.91. The highest BCUT2D eigenvalue weighted by atomic mass is 32.1. The molecule has 0 aliphatic carbocycles. The van der Waals surface area contributed by atoms with Crippen LogP contribution in [0.2, 0.25) is 0 Å². The third kappa shape index (κ3) is 4.26. The number of carbonyl (C=O) groups excluding carboxylic acids is 1. The highest BCUT2D eigenvalue weighted by molar-refractivity contribution is 7.09. The fraction of sp³-hybridized carbons (Fsp3) is 0.250. The molecule has 6 heteroatoms. The summed E-state index contributed by atoms with van der Waals surface area (Å²) in [6, 6.07) is 9.10. The molecule has 1 amide bonds. The zero-order chi connectivity index (χ0) is 18.7. The van der Waals surface area contributed by atoms with Crippen LogP contribution in [0.1, 0.15) is 38.0 Å². The van der Waals surface area contributed by atoms with Crippen LogP contribution in [0.15, 0.2) is 35.7 Å². The number of hydrogen-bond donors (Lipinski definition) is 1. The van der Waals surface area contributed by atoms with Gasteiger partial charge in [-0.2, -0.15) is 0 Å². The van der Waals surface area contributed by atoms with Crippen molar-refractivity contribution in [1.29, 1.82) is 0 Å². The molecule has 0 aliphatic heterocycles. The molecule has 2 aromatic heterocycles. The second kappa shape index (κ2) is 7.66. The molecule has 0 atom stereocenters. The molecule has 0 unspecified atom stereocenters. The fourth-order valence-electron chi connectivity index (χ4n) is 2.76. The van der Waals surface area contributed by atoms with Crippen molar-refractivity contribution >= 4 is 22.9 Å². The molecule has 1 aromatic carbocycles. The van der Waals surface area contributed by atoms with E-state index in [1.54, 1.807) is 23.5 Å². The Morgan fingerprint density at radius 2 is 1.96 bits per heavy atom. The quantitative estimate of drug-likeness (QED) is 0.716. The number of ether oxygens (including phenoxy) is 1. The molecule has 0 saturated carbocycles. The number of rotatable bonds is 5. The third-order valence-corrected chi connectivity index (χ3v) is 4.74. The summed E-state index contributed by atoms with van der Waals surface area (Å²) >= 11 is 1.59. The maximum absolute atomic E-state index is 12.6. The highest BCUT2D eigenvalue weighted by Gasteiger charge is 2.12. The van der Waals surface area contributed by atoms with Gasteiger partial charge < -0.3 is 10.1 Å². The monoisotopic (exact) mass is 367 g/mol. The lowest BCUT2D eigenvalue weighted by molar-refractivity contribution is 0.102. The summed E-state index contributed by atoms with van der Waals surface area (Å²) in [6.07, 6.45) is 0. The first-order valence-corrected chi connectivity index (χ1v) is 9.20. The van der Waals surface area contributed by atoms with Crippen LogP contribution in [0.25, 0.3) is 0 Å². The molecule has 0 aliphatic rings. The lowest BCUT2D eigenvalue weighted by Gasteiger charge is -2.12. The van der Waals surface area contributed by atoms with Gasteiger partial charge in [-0.25, -0.2) is 4.98 Å². The number of nitrogens with zero attached hydrogens (tertiary/aromatic N) is 2. The minimum absolute atomic E-state index is 0.184. The van der Waals surface area contributed by atoms with Gasteiger partial charge in [0.15, 0.2) is 0 Å². The second-order valence-electron chi connectivity index (χ2n) is 6.17. The van der Waals surface area contributed by atoms with Gasteiger partial charge in [-0.05, 0) is 57.5 Å². The molecular formula is C20H21N3O2S. The largest absolute Gasteiger partial charge is 0.487 e. The van der Waals surface area contributed by atoms with Crippen molar-refractivity contribution in [3.05, 3.63) is 68.9 Å². The molecule has 3 aromatic rings. The van der Waals surface area contributed by atoms with E-state index in [0.717, 1.165) is 33.3 Å². The second-order valence-corrected chi connectivity index (χ2v) is 7.23. The Morgan fingerprint density at radius 3 is 2.65 bits per heavy atom. The topological polar surface area (TPSA) is 64.1 Å². The minimum Gasteiger partial charge on any atom is -0.487 e. The van der Waals surface area contributed by atoms with E-state index in [4.69, 9.17) is 4.74 Å². The average Bonchev–Trinajstić information content (AvgIpc) is 3.02. The van der Waals surface area contributed by atoms with E-state index < -0.39 is 0 Å². The Balaban J connectivity index is 1.72. The number of carbonyl (C=O) groups is 1. The number of aromatic nitrogens is 2. The molecule has 26 heavy (non-hydrogen) atoms.